The minimum atomic E-state index is -0.162. The number of rotatable bonds is 5. The third-order valence-corrected chi connectivity index (χ3v) is 5.07. The van der Waals surface area contributed by atoms with Crippen LogP contribution < -0.4 is 5.32 Å². The molecular weight excluding hydrogens is 328 g/mol. The quantitative estimate of drug-likeness (QED) is 0.668. The van der Waals surface area contributed by atoms with Crippen molar-refractivity contribution in [2.45, 2.75) is 33.1 Å². The molecule has 1 N–H and O–H groups in total. The molecule has 128 valence electrons. The molecule has 0 spiro atoms. The van der Waals surface area contributed by atoms with Gasteiger partial charge in [0.1, 0.15) is 5.69 Å². The molecule has 0 aliphatic carbocycles. The van der Waals surface area contributed by atoms with E-state index in [4.69, 9.17) is 0 Å². The summed E-state index contributed by atoms with van der Waals surface area (Å²) in [4.78, 5) is 16.9. The Balaban J connectivity index is 1.67. The van der Waals surface area contributed by atoms with E-state index in [2.05, 4.69) is 43.2 Å². The monoisotopic (exact) mass is 350 g/mol. The number of hydrogen-bond acceptors (Lipinski definition) is 3. The molecule has 0 unspecified atom stereocenters. The van der Waals surface area contributed by atoms with E-state index in [1.54, 1.807) is 0 Å². The summed E-state index contributed by atoms with van der Waals surface area (Å²) < 4.78 is 0. The van der Waals surface area contributed by atoms with Gasteiger partial charge < -0.3 is 5.32 Å². The summed E-state index contributed by atoms with van der Waals surface area (Å²) in [5.41, 5.74) is 5.01. The maximum absolute atomic E-state index is 12.4. The van der Waals surface area contributed by atoms with Gasteiger partial charge in [0.2, 0.25) is 0 Å². The van der Waals surface area contributed by atoms with Gasteiger partial charge in [0.15, 0.2) is 0 Å². The Morgan fingerprint density at radius 2 is 1.84 bits per heavy atom. The van der Waals surface area contributed by atoms with Crippen LogP contribution in [0.2, 0.25) is 0 Å². The molecule has 1 aromatic heterocycles. The number of aromatic nitrogens is 1. The Morgan fingerprint density at radius 1 is 1.12 bits per heavy atom. The molecule has 0 atom stereocenters. The Bertz CT molecular complexity index is 866. The van der Waals surface area contributed by atoms with Gasteiger partial charge in [-0.1, -0.05) is 50.2 Å². The van der Waals surface area contributed by atoms with Crippen LogP contribution in [0.1, 0.15) is 52.0 Å². The minimum Gasteiger partial charge on any atom is -0.321 e. The fraction of sp³-hybridized carbons (Fsp3) is 0.238. The van der Waals surface area contributed by atoms with Crippen LogP contribution in [-0.2, 0) is 6.42 Å². The molecular formula is C21H22N2OS. The zero-order chi connectivity index (χ0) is 17.8. The molecule has 3 nitrogen and oxygen atoms in total. The molecule has 0 radical (unpaired) electrons. The normalized spacial score (nSPS) is 10.9. The van der Waals surface area contributed by atoms with E-state index in [0.717, 1.165) is 17.1 Å². The minimum absolute atomic E-state index is 0.162. The summed E-state index contributed by atoms with van der Waals surface area (Å²) in [6.45, 7) is 6.40. The van der Waals surface area contributed by atoms with Crippen LogP contribution >= 0.6 is 11.3 Å². The van der Waals surface area contributed by atoms with Crippen molar-refractivity contribution in [2.75, 3.05) is 5.32 Å². The lowest BCUT2D eigenvalue weighted by molar-refractivity contribution is 0.102. The van der Waals surface area contributed by atoms with E-state index in [1.165, 1.54) is 28.0 Å². The van der Waals surface area contributed by atoms with E-state index in [1.807, 2.05) is 41.8 Å². The number of carbonyl (C=O) groups is 1. The molecule has 3 rings (SSSR count). The van der Waals surface area contributed by atoms with Crippen LogP contribution in [0.3, 0.4) is 0 Å². The number of nitrogens with zero attached hydrogens (tertiary/aromatic N) is 1. The second-order valence-electron chi connectivity index (χ2n) is 6.46. The lowest BCUT2D eigenvalue weighted by Crippen LogP contribution is -2.12. The third-order valence-electron chi connectivity index (χ3n) is 4.22. The molecule has 3 aromatic rings. The summed E-state index contributed by atoms with van der Waals surface area (Å²) >= 11 is 1.53. The number of thiazole rings is 1. The number of hydrogen-bond donors (Lipinski definition) is 1. The second kappa shape index (κ2) is 7.62. The summed E-state index contributed by atoms with van der Waals surface area (Å²) in [6.07, 6.45) is 0.758. The van der Waals surface area contributed by atoms with Crippen molar-refractivity contribution in [3.63, 3.8) is 0 Å². The Hall–Kier alpha value is -2.46. The SMILES string of the molecule is Cc1ccccc1Cc1nc(C(=O)Nc2ccc(C(C)C)cc2)cs1. The topological polar surface area (TPSA) is 42.0 Å². The highest BCUT2D eigenvalue weighted by Crippen LogP contribution is 2.20. The zero-order valence-corrected chi connectivity index (χ0v) is 15.6. The molecule has 25 heavy (non-hydrogen) atoms. The average molecular weight is 350 g/mol. The molecule has 0 saturated carbocycles. The van der Waals surface area contributed by atoms with E-state index in [0.29, 0.717) is 11.6 Å². The first-order valence-electron chi connectivity index (χ1n) is 8.43. The van der Waals surface area contributed by atoms with Crippen molar-refractivity contribution in [2.24, 2.45) is 0 Å². The van der Waals surface area contributed by atoms with Crippen LogP contribution in [0.5, 0.6) is 0 Å². The van der Waals surface area contributed by atoms with Gasteiger partial charge in [0, 0.05) is 17.5 Å². The highest BCUT2D eigenvalue weighted by Gasteiger charge is 2.12. The number of amides is 1. The largest absolute Gasteiger partial charge is 0.321 e. The van der Waals surface area contributed by atoms with Gasteiger partial charge in [0.05, 0.1) is 5.01 Å². The lowest BCUT2D eigenvalue weighted by atomic mass is 10.0. The molecule has 0 bridgehead atoms. The highest BCUT2D eigenvalue weighted by atomic mass is 32.1. The Morgan fingerprint density at radius 3 is 2.52 bits per heavy atom. The van der Waals surface area contributed by atoms with Gasteiger partial charge in [-0.2, -0.15) is 0 Å². The third kappa shape index (κ3) is 4.34. The van der Waals surface area contributed by atoms with E-state index in [9.17, 15) is 4.79 Å². The first kappa shape index (κ1) is 17.4. The summed E-state index contributed by atoms with van der Waals surface area (Å²) in [7, 11) is 0. The average Bonchev–Trinajstić information content (AvgIpc) is 3.06. The van der Waals surface area contributed by atoms with E-state index >= 15 is 0 Å². The van der Waals surface area contributed by atoms with Crippen LogP contribution in [0, 0.1) is 6.92 Å². The van der Waals surface area contributed by atoms with Crippen molar-refractivity contribution in [3.8, 4) is 0 Å². The number of carbonyl (C=O) groups excluding carboxylic acids is 1. The number of benzene rings is 2. The molecule has 1 heterocycles. The predicted octanol–water partition coefficient (Wildman–Crippen LogP) is 5.42. The van der Waals surface area contributed by atoms with Crippen molar-refractivity contribution in [3.05, 3.63) is 81.3 Å². The maximum atomic E-state index is 12.4. The standard InChI is InChI=1S/C21H22N2OS/c1-14(2)16-8-10-18(11-9-16)22-21(24)19-13-25-20(23-19)12-17-7-5-4-6-15(17)3/h4-11,13-14H,12H2,1-3H3,(H,22,24). The number of nitrogens with one attached hydrogen (secondary N) is 1. The molecule has 0 fully saturated rings. The highest BCUT2D eigenvalue weighted by molar-refractivity contribution is 7.09. The Kier molecular flexibility index (Phi) is 5.29. The first-order chi connectivity index (χ1) is 12.0. The summed E-state index contributed by atoms with van der Waals surface area (Å²) in [5.74, 6) is 0.317. The van der Waals surface area contributed by atoms with Gasteiger partial charge in [-0.3, -0.25) is 4.79 Å². The van der Waals surface area contributed by atoms with Crippen LogP contribution in [0.25, 0.3) is 0 Å². The van der Waals surface area contributed by atoms with Gasteiger partial charge in [-0.15, -0.1) is 11.3 Å². The smallest absolute Gasteiger partial charge is 0.275 e. The number of anilines is 1. The maximum Gasteiger partial charge on any atom is 0.275 e. The molecule has 4 heteroatoms. The predicted molar refractivity (Wildman–Crippen MR) is 105 cm³/mol. The van der Waals surface area contributed by atoms with Crippen molar-refractivity contribution >= 4 is 22.9 Å². The molecule has 0 aliphatic heterocycles. The van der Waals surface area contributed by atoms with E-state index in [-0.39, 0.29) is 5.91 Å². The fourth-order valence-electron chi connectivity index (χ4n) is 2.61. The molecule has 1 amide bonds. The molecule has 0 saturated heterocycles. The molecule has 2 aromatic carbocycles. The second-order valence-corrected chi connectivity index (χ2v) is 7.40. The van der Waals surface area contributed by atoms with Crippen molar-refractivity contribution in [1.82, 2.24) is 4.98 Å². The van der Waals surface area contributed by atoms with Crippen molar-refractivity contribution in [1.29, 1.82) is 0 Å². The van der Waals surface area contributed by atoms with Gasteiger partial charge >= 0.3 is 0 Å². The first-order valence-corrected chi connectivity index (χ1v) is 9.31. The van der Waals surface area contributed by atoms with Crippen LogP contribution in [0.15, 0.2) is 53.9 Å². The number of aryl methyl sites for hydroxylation is 1. The van der Waals surface area contributed by atoms with Crippen LogP contribution in [0.4, 0.5) is 5.69 Å². The summed E-state index contributed by atoms with van der Waals surface area (Å²) in [6, 6.07) is 16.2. The van der Waals surface area contributed by atoms with Gasteiger partial charge in [0.25, 0.3) is 5.91 Å². The zero-order valence-electron chi connectivity index (χ0n) is 14.7. The van der Waals surface area contributed by atoms with Crippen LogP contribution in [-0.4, -0.2) is 10.9 Å². The molecule has 0 aliphatic rings. The van der Waals surface area contributed by atoms with Gasteiger partial charge in [-0.05, 0) is 41.7 Å². The Labute approximate surface area is 152 Å². The van der Waals surface area contributed by atoms with Crippen molar-refractivity contribution < 1.29 is 4.79 Å². The summed E-state index contributed by atoms with van der Waals surface area (Å²) in [5, 5.41) is 5.70. The van der Waals surface area contributed by atoms with Gasteiger partial charge in [-0.25, -0.2) is 4.98 Å². The van der Waals surface area contributed by atoms with E-state index < -0.39 is 0 Å². The fourth-order valence-corrected chi connectivity index (χ4v) is 3.41. The lowest BCUT2D eigenvalue weighted by Gasteiger charge is -2.07.